The predicted molar refractivity (Wildman–Crippen MR) is 116 cm³/mol. The molecule has 0 saturated heterocycles. The summed E-state index contributed by atoms with van der Waals surface area (Å²) in [6.07, 6.45) is 3.09. The predicted octanol–water partition coefficient (Wildman–Crippen LogP) is 4.54. The van der Waals surface area contributed by atoms with Gasteiger partial charge in [-0.3, -0.25) is 4.79 Å². The smallest absolute Gasteiger partial charge is 0.257 e. The maximum absolute atomic E-state index is 13.6. The normalized spacial score (nSPS) is 10.8. The Morgan fingerprint density at radius 2 is 1.97 bits per heavy atom. The number of halogens is 2. The van der Waals surface area contributed by atoms with E-state index in [4.69, 9.17) is 21.1 Å². The van der Waals surface area contributed by atoms with Crippen LogP contribution in [0.5, 0.6) is 11.5 Å². The molecule has 0 unspecified atom stereocenters. The van der Waals surface area contributed by atoms with Gasteiger partial charge in [-0.15, -0.1) is 0 Å². The second-order valence-corrected chi connectivity index (χ2v) is 7.11. The van der Waals surface area contributed by atoms with Crippen molar-refractivity contribution in [2.45, 2.75) is 6.54 Å². The number of nitrogens with one attached hydrogen (secondary N) is 1. The number of anilines is 1. The quantitative estimate of drug-likeness (QED) is 0.476. The van der Waals surface area contributed by atoms with E-state index in [1.165, 1.54) is 18.3 Å². The van der Waals surface area contributed by atoms with E-state index in [1.807, 2.05) is 12.1 Å². The number of benzene rings is 2. The molecule has 1 amide bonds. The molecule has 0 atom stereocenters. The van der Waals surface area contributed by atoms with Crippen LogP contribution in [0, 0.1) is 5.82 Å². The van der Waals surface area contributed by atoms with Gasteiger partial charge in [0.05, 0.1) is 37.5 Å². The first kappa shape index (κ1) is 20.6. The summed E-state index contributed by atoms with van der Waals surface area (Å²) in [5.41, 5.74) is 2.15. The molecule has 2 heterocycles. The van der Waals surface area contributed by atoms with Gasteiger partial charge in [0, 0.05) is 28.9 Å². The van der Waals surface area contributed by atoms with Gasteiger partial charge in [0.15, 0.2) is 5.65 Å². The standard InChI is InChI=1S/C22H18ClFN4O3/c1-30-17-5-3-13(20(9-17)31-2)12-28-21-14(11-26-28)7-15(10-25-21)22(29)27-16-4-6-18(23)19(24)8-16/h3-11H,12H2,1-2H3,(H,27,29). The number of nitrogens with zero attached hydrogens (tertiary/aromatic N) is 3. The van der Waals surface area contributed by atoms with E-state index in [0.29, 0.717) is 40.3 Å². The molecule has 1 N–H and O–H groups in total. The largest absolute Gasteiger partial charge is 0.497 e. The lowest BCUT2D eigenvalue weighted by atomic mass is 10.2. The van der Waals surface area contributed by atoms with Gasteiger partial charge in [0.2, 0.25) is 0 Å². The first-order valence-electron chi connectivity index (χ1n) is 9.27. The maximum atomic E-state index is 13.6. The number of rotatable bonds is 6. The number of carbonyl (C=O) groups is 1. The summed E-state index contributed by atoms with van der Waals surface area (Å²) >= 11 is 5.67. The first-order chi connectivity index (χ1) is 15.0. The molecule has 0 bridgehead atoms. The van der Waals surface area contributed by atoms with E-state index in [9.17, 15) is 9.18 Å². The fraction of sp³-hybridized carbons (Fsp3) is 0.136. The van der Waals surface area contributed by atoms with E-state index in [-0.39, 0.29) is 5.02 Å². The molecular formula is C22H18ClFN4O3. The topological polar surface area (TPSA) is 78.3 Å². The molecule has 0 aliphatic heterocycles. The Morgan fingerprint density at radius 3 is 2.71 bits per heavy atom. The van der Waals surface area contributed by atoms with Crippen LogP contribution in [0.1, 0.15) is 15.9 Å². The molecule has 31 heavy (non-hydrogen) atoms. The van der Waals surface area contributed by atoms with E-state index in [0.717, 1.165) is 11.6 Å². The van der Waals surface area contributed by atoms with E-state index < -0.39 is 11.7 Å². The van der Waals surface area contributed by atoms with Crippen LogP contribution >= 0.6 is 11.6 Å². The van der Waals surface area contributed by atoms with Crippen molar-refractivity contribution in [1.82, 2.24) is 14.8 Å². The van der Waals surface area contributed by atoms with Crippen LogP contribution in [0.3, 0.4) is 0 Å². The Morgan fingerprint density at radius 1 is 1.13 bits per heavy atom. The summed E-state index contributed by atoms with van der Waals surface area (Å²) in [4.78, 5) is 16.9. The van der Waals surface area contributed by atoms with Crippen LogP contribution in [0.2, 0.25) is 5.02 Å². The van der Waals surface area contributed by atoms with Crippen molar-refractivity contribution in [3.05, 3.63) is 76.8 Å². The number of hydrogen-bond acceptors (Lipinski definition) is 5. The molecule has 0 spiro atoms. The lowest BCUT2D eigenvalue weighted by molar-refractivity contribution is 0.102. The molecule has 0 saturated carbocycles. The monoisotopic (exact) mass is 440 g/mol. The minimum Gasteiger partial charge on any atom is -0.497 e. The zero-order valence-corrected chi connectivity index (χ0v) is 17.5. The highest BCUT2D eigenvalue weighted by Crippen LogP contribution is 2.26. The van der Waals surface area contributed by atoms with Gasteiger partial charge in [-0.2, -0.15) is 5.10 Å². The number of aromatic nitrogens is 3. The van der Waals surface area contributed by atoms with Crippen LogP contribution in [-0.2, 0) is 6.54 Å². The second-order valence-electron chi connectivity index (χ2n) is 6.70. The molecule has 2 aromatic carbocycles. The minimum absolute atomic E-state index is 0.0120. The summed E-state index contributed by atoms with van der Waals surface area (Å²) in [6, 6.07) is 11.3. The lowest BCUT2D eigenvalue weighted by Gasteiger charge is -2.11. The highest BCUT2D eigenvalue weighted by atomic mass is 35.5. The van der Waals surface area contributed by atoms with Crippen molar-refractivity contribution in [1.29, 1.82) is 0 Å². The number of methoxy groups -OCH3 is 2. The molecule has 158 valence electrons. The molecule has 0 aliphatic carbocycles. The molecule has 4 aromatic rings. The van der Waals surface area contributed by atoms with Gasteiger partial charge in [0.25, 0.3) is 5.91 Å². The van der Waals surface area contributed by atoms with Crippen LogP contribution in [0.25, 0.3) is 11.0 Å². The number of amides is 1. The SMILES string of the molecule is COc1ccc(Cn2ncc3cc(C(=O)Nc4ccc(Cl)c(F)c4)cnc32)c(OC)c1. The lowest BCUT2D eigenvalue weighted by Crippen LogP contribution is -2.12. The molecular weight excluding hydrogens is 423 g/mol. The third-order valence-corrected chi connectivity index (χ3v) is 5.04. The molecule has 0 radical (unpaired) electrons. The van der Waals surface area contributed by atoms with Crippen molar-refractivity contribution >= 4 is 34.2 Å². The number of ether oxygens (including phenoxy) is 2. The Kier molecular flexibility index (Phi) is 5.73. The molecule has 0 aliphatic rings. The summed E-state index contributed by atoms with van der Waals surface area (Å²) in [6.45, 7) is 0.430. The summed E-state index contributed by atoms with van der Waals surface area (Å²) in [5.74, 6) is 0.346. The van der Waals surface area contributed by atoms with Crippen molar-refractivity contribution in [2.75, 3.05) is 19.5 Å². The maximum Gasteiger partial charge on any atom is 0.257 e. The van der Waals surface area contributed by atoms with Crippen molar-refractivity contribution < 1.29 is 18.7 Å². The molecule has 7 nitrogen and oxygen atoms in total. The second kappa shape index (κ2) is 8.61. The summed E-state index contributed by atoms with van der Waals surface area (Å²) in [7, 11) is 3.19. The Balaban J connectivity index is 1.57. The van der Waals surface area contributed by atoms with Gasteiger partial charge in [-0.1, -0.05) is 11.6 Å². The summed E-state index contributed by atoms with van der Waals surface area (Å²) in [5, 5.41) is 7.70. The van der Waals surface area contributed by atoms with Crippen LogP contribution in [0.4, 0.5) is 10.1 Å². The van der Waals surface area contributed by atoms with Crippen LogP contribution < -0.4 is 14.8 Å². The first-order valence-corrected chi connectivity index (χ1v) is 9.65. The van der Waals surface area contributed by atoms with E-state index in [2.05, 4.69) is 15.4 Å². The van der Waals surface area contributed by atoms with Crippen molar-refractivity contribution in [2.24, 2.45) is 0 Å². The number of fused-ring (bicyclic) bond motifs is 1. The van der Waals surface area contributed by atoms with E-state index in [1.54, 1.807) is 37.2 Å². The molecule has 2 aromatic heterocycles. The summed E-state index contributed by atoms with van der Waals surface area (Å²) < 4.78 is 26.0. The molecule has 0 fully saturated rings. The molecule has 4 rings (SSSR count). The Bertz CT molecular complexity index is 1280. The zero-order valence-electron chi connectivity index (χ0n) is 16.7. The van der Waals surface area contributed by atoms with Gasteiger partial charge >= 0.3 is 0 Å². The highest BCUT2D eigenvalue weighted by molar-refractivity contribution is 6.30. The van der Waals surface area contributed by atoms with Gasteiger partial charge in [-0.25, -0.2) is 14.1 Å². The highest BCUT2D eigenvalue weighted by Gasteiger charge is 2.13. The minimum atomic E-state index is -0.608. The third-order valence-electron chi connectivity index (χ3n) is 4.73. The van der Waals surface area contributed by atoms with Crippen LogP contribution in [-0.4, -0.2) is 34.9 Å². The Labute approximate surface area is 182 Å². The number of carbonyl (C=O) groups excluding carboxylic acids is 1. The average molecular weight is 441 g/mol. The van der Waals surface area contributed by atoms with Gasteiger partial charge in [0.1, 0.15) is 17.3 Å². The number of hydrogen-bond donors (Lipinski definition) is 1. The number of pyridine rings is 1. The van der Waals surface area contributed by atoms with Crippen LogP contribution in [0.15, 0.2) is 54.9 Å². The Hall–Kier alpha value is -3.65. The van der Waals surface area contributed by atoms with E-state index >= 15 is 0 Å². The average Bonchev–Trinajstić information content (AvgIpc) is 3.18. The van der Waals surface area contributed by atoms with Gasteiger partial charge in [-0.05, 0) is 36.4 Å². The van der Waals surface area contributed by atoms with Gasteiger partial charge < -0.3 is 14.8 Å². The van der Waals surface area contributed by atoms with Crippen molar-refractivity contribution in [3.8, 4) is 11.5 Å². The fourth-order valence-electron chi connectivity index (χ4n) is 3.13. The van der Waals surface area contributed by atoms with Crippen molar-refractivity contribution in [3.63, 3.8) is 0 Å². The fourth-order valence-corrected chi connectivity index (χ4v) is 3.25. The zero-order chi connectivity index (χ0) is 22.0. The third kappa shape index (κ3) is 4.29. The molecule has 9 heteroatoms.